The van der Waals surface area contributed by atoms with Gasteiger partial charge in [0.1, 0.15) is 10.6 Å². The second-order valence-corrected chi connectivity index (χ2v) is 9.88. The average Bonchev–Trinajstić information content (AvgIpc) is 3.38. The Kier molecular flexibility index (Phi) is 7.94. The highest BCUT2D eigenvalue weighted by molar-refractivity contribution is 7.15. The van der Waals surface area contributed by atoms with Crippen molar-refractivity contribution in [2.75, 3.05) is 11.5 Å². The summed E-state index contributed by atoms with van der Waals surface area (Å²) in [6.07, 6.45) is 0.0380. The van der Waals surface area contributed by atoms with E-state index in [1.165, 1.54) is 16.2 Å². The number of hydrogen-bond acceptors (Lipinski definition) is 5. The van der Waals surface area contributed by atoms with E-state index in [2.05, 4.69) is 0 Å². The number of carbonyl (C=O) groups excluding carboxylic acids is 3. The summed E-state index contributed by atoms with van der Waals surface area (Å²) >= 11 is 1.20. The van der Waals surface area contributed by atoms with Crippen LogP contribution in [0.1, 0.15) is 28.4 Å². The Morgan fingerprint density at radius 3 is 1.87 bits per heavy atom. The minimum Gasteiger partial charge on any atom is -0.462 e. The SMILES string of the molecule is CCOC(=O)c1c(-c2cccc3ccccc23)csc1N(C(=O)Cc1ccccc1)C(=O)Cc1ccccc1. The molecule has 0 spiro atoms. The van der Waals surface area contributed by atoms with Crippen LogP contribution in [0.4, 0.5) is 5.00 Å². The lowest BCUT2D eigenvalue weighted by molar-refractivity contribution is -0.125. The van der Waals surface area contributed by atoms with Crippen molar-refractivity contribution >= 4 is 44.9 Å². The van der Waals surface area contributed by atoms with Crippen molar-refractivity contribution in [3.8, 4) is 11.1 Å². The first-order valence-electron chi connectivity index (χ1n) is 12.8. The summed E-state index contributed by atoms with van der Waals surface area (Å²) in [4.78, 5) is 42.2. The molecule has 5 nitrogen and oxygen atoms in total. The Morgan fingerprint density at radius 2 is 1.26 bits per heavy atom. The summed E-state index contributed by atoms with van der Waals surface area (Å²) in [5.74, 6) is -1.38. The zero-order chi connectivity index (χ0) is 27.2. The molecule has 4 aromatic carbocycles. The number of anilines is 1. The number of esters is 1. The van der Waals surface area contributed by atoms with E-state index in [0.717, 1.165) is 27.5 Å². The highest BCUT2D eigenvalue weighted by Gasteiger charge is 2.32. The number of hydrogen-bond donors (Lipinski definition) is 0. The molecule has 39 heavy (non-hydrogen) atoms. The fourth-order valence-corrected chi connectivity index (χ4v) is 5.73. The molecule has 0 saturated heterocycles. The van der Waals surface area contributed by atoms with Crippen molar-refractivity contribution in [1.82, 2.24) is 0 Å². The molecule has 0 aliphatic rings. The van der Waals surface area contributed by atoms with E-state index in [9.17, 15) is 14.4 Å². The maximum atomic E-state index is 13.8. The number of carbonyl (C=O) groups is 3. The molecule has 5 aromatic rings. The van der Waals surface area contributed by atoms with Crippen molar-refractivity contribution in [2.45, 2.75) is 19.8 Å². The molecule has 5 rings (SSSR count). The first-order valence-corrected chi connectivity index (χ1v) is 13.6. The minimum atomic E-state index is -0.568. The predicted octanol–water partition coefficient (Wildman–Crippen LogP) is 7.09. The van der Waals surface area contributed by atoms with Crippen molar-refractivity contribution in [3.63, 3.8) is 0 Å². The number of amides is 2. The standard InChI is InChI=1S/C33H27NO4S/c1-2-38-33(37)31-28(27-19-11-17-25-16-9-10-18-26(25)27)22-39-32(31)34(29(35)20-23-12-5-3-6-13-23)30(36)21-24-14-7-4-8-15-24/h3-19,22H,2,20-21H2,1H3. The molecule has 0 aliphatic heterocycles. The summed E-state index contributed by atoms with van der Waals surface area (Å²) in [5.41, 5.74) is 3.26. The van der Waals surface area contributed by atoms with Crippen LogP contribution < -0.4 is 4.90 Å². The van der Waals surface area contributed by atoms with Gasteiger partial charge in [-0.15, -0.1) is 11.3 Å². The number of fused-ring (bicyclic) bond motifs is 1. The number of ether oxygens (including phenoxy) is 1. The first kappa shape index (κ1) is 26.1. The first-order chi connectivity index (χ1) is 19.1. The Hall–Kier alpha value is -4.55. The number of imide groups is 1. The molecule has 1 aromatic heterocycles. The quantitative estimate of drug-likeness (QED) is 0.200. The fraction of sp³-hybridized carbons (Fsp3) is 0.121. The molecule has 0 bridgehead atoms. The molecule has 0 N–H and O–H groups in total. The van der Waals surface area contributed by atoms with Crippen LogP contribution in [0.2, 0.25) is 0 Å². The van der Waals surface area contributed by atoms with E-state index < -0.39 is 17.8 Å². The van der Waals surface area contributed by atoms with Gasteiger partial charge in [-0.3, -0.25) is 9.59 Å². The van der Waals surface area contributed by atoms with Gasteiger partial charge in [0, 0.05) is 10.9 Å². The van der Waals surface area contributed by atoms with Gasteiger partial charge in [0.2, 0.25) is 11.8 Å². The number of rotatable bonds is 8. The highest BCUT2D eigenvalue weighted by Crippen LogP contribution is 2.41. The van der Waals surface area contributed by atoms with Crippen LogP contribution in [0.3, 0.4) is 0 Å². The second kappa shape index (κ2) is 11.9. The van der Waals surface area contributed by atoms with Gasteiger partial charge >= 0.3 is 5.97 Å². The van der Waals surface area contributed by atoms with Gasteiger partial charge in [-0.05, 0) is 34.4 Å². The van der Waals surface area contributed by atoms with Crippen LogP contribution in [-0.4, -0.2) is 24.4 Å². The normalized spacial score (nSPS) is 10.8. The Morgan fingerprint density at radius 1 is 0.692 bits per heavy atom. The third kappa shape index (κ3) is 5.66. The predicted molar refractivity (Wildman–Crippen MR) is 156 cm³/mol. The van der Waals surface area contributed by atoms with Crippen molar-refractivity contribution < 1.29 is 19.1 Å². The van der Waals surface area contributed by atoms with Crippen LogP contribution in [0, 0.1) is 0 Å². The maximum absolute atomic E-state index is 13.8. The highest BCUT2D eigenvalue weighted by atomic mass is 32.1. The molecule has 0 aliphatic carbocycles. The van der Waals surface area contributed by atoms with Crippen LogP contribution >= 0.6 is 11.3 Å². The van der Waals surface area contributed by atoms with E-state index in [1.54, 1.807) is 6.92 Å². The van der Waals surface area contributed by atoms with E-state index in [-0.39, 0.29) is 30.0 Å². The number of thiophene rings is 1. The monoisotopic (exact) mass is 533 g/mol. The maximum Gasteiger partial charge on any atom is 0.341 e. The molecular formula is C33H27NO4S. The summed E-state index contributed by atoms with van der Waals surface area (Å²) in [6.45, 7) is 1.90. The van der Waals surface area contributed by atoms with E-state index in [1.807, 2.05) is 109 Å². The molecular weight excluding hydrogens is 506 g/mol. The Balaban J connectivity index is 1.65. The zero-order valence-electron chi connectivity index (χ0n) is 21.5. The van der Waals surface area contributed by atoms with Crippen LogP contribution in [0.15, 0.2) is 109 Å². The molecule has 0 radical (unpaired) electrons. The molecule has 0 saturated carbocycles. The molecule has 2 amide bonds. The summed E-state index contributed by atoms with van der Waals surface area (Å²) in [6, 6.07) is 32.4. The third-order valence-electron chi connectivity index (χ3n) is 6.43. The minimum absolute atomic E-state index is 0.0190. The van der Waals surface area contributed by atoms with Gasteiger partial charge in [0.05, 0.1) is 19.4 Å². The van der Waals surface area contributed by atoms with E-state index in [4.69, 9.17) is 4.74 Å². The molecule has 0 atom stereocenters. The molecule has 0 unspecified atom stereocenters. The molecule has 194 valence electrons. The van der Waals surface area contributed by atoms with Crippen LogP contribution in [-0.2, 0) is 27.2 Å². The van der Waals surface area contributed by atoms with Crippen molar-refractivity contribution in [3.05, 3.63) is 125 Å². The van der Waals surface area contributed by atoms with Crippen LogP contribution in [0.25, 0.3) is 21.9 Å². The number of nitrogens with zero attached hydrogens (tertiary/aromatic N) is 1. The lowest BCUT2D eigenvalue weighted by atomic mass is 9.97. The van der Waals surface area contributed by atoms with E-state index >= 15 is 0 Å². The van der Waals surface area contributed by atoms with Gasteiger partial charge in [0.15, 0.2) is 0 Å². The summed E-state index contributed by atoms with van der Waals surface area (Å²) in [5, 5.41) is 4.10. The third-order valence-corrected chi connectivity index (χ3v) is 7.39. The topological polar surface area (TPSA) is 63.7 Å². The molecule has 0 fully saturated rings. The summed E-state index contributed by atoms with van der Waals surface area (Å²) < 4.78 is 5.47. The van der Waals surface area contributed by atoms with Crippen LogP contribution in [0.5, 0.6) is 0 Å². The fourth-order valence-electron chi connectivity index (χ4n) is 4.64. The van der Waals surface area contributed by atoms with Gasteiger partial charge < -0.3 is 4.74 Å². The van der Waals surface area contributed by atoms with Gasteiger partial charge in [0.25, 0.3) is 0 Å². The van der Waals surface area contributed by atoms with Crippen molar-refractivity contribution in [2.24, 2.45) is 0 Å². The average molecular weight is 534 g/mol. The summed E-state index contributed by atoms with van der Waals surface area (Å²) in [7, 11) is 0. The lowest BCUT2D eigenvalue weighted by Crippen LogP contribution is -2.39. The van der Waals surface area contributed by atoms with Gasteiger partial charge in [-0.25, -0.2) is 9.69 Å². The number of benzene rings is 4. The van der Waals surface area contributed by atoms with E-state index in [0.29, 0.717) is 5.56 Å². The largest absolute Gasteiger partial charge is 0.462 e. The molecule has 6 heteroatoms. The Bertz CT molecular complexity index is 1570. The molecule has 1 heterocycles. The van der Waals surface area contributed by atoms with Crippen molar-refractivity contribution in [1.29, 1.82) is 0 Å². The Labute approximate surface area is 231 Å². The lowest BCUT2D eigenvalue weighted by Gasteiger charge is -2.21. The second-order valence-electron chi connectivity index (χ2n) is 9.02. The smallest absolute Gasteiger partial charge is 0.341 e. The van der Waals surface area contributed by atoms with Gasteiger partial charge in [-0.2, -0.15) is 0 Å². The zero-order valence-corrected chi connectivity index (χ0v) is 22.3. The van der Waals surface area contributed by atoms with Gasteiger partial charge in [-0.1, -0.05) is 103 Å².